The Labute approximate surface area is 139 Å². The van der Waals surface area contributed by atoms with Crippen LogP contribution in [0.2, 0.25) is 10.0 Å². The number of hydrogen-bond acceptors (Lipinski definition) is 3. The molecule has 22 heavy (non-hydrogen) atoms. The summed E-state index contributed by atoms with van der Waals surface area (Å²) in [7, 11) is 1.73. The molecular weight excluding hydrogens is 325 g/mol. The molecular formula is C15H19Cl2N3O2. The summed E-state index contributed by atoms with van der Waals surface area (Å²) in [5, 5.41) is 6.36. The van der Waals surface area contributed by atoms with Crippen LogP contribution in [0, 0.1) is 0 Å². The molecule has 0 saturated heterocycles. The minimum atomic E-state index is -0.381. The molecule has 1 aliphatic carbocycles. The van der Waals surface area contributed by atoms with Gasteiger partial charge in [0.05, 0.1) is 28.3 Å². The van der Waals surface area contributed by atoms with E-state index in [1.165, 1.54) is 0 Å². The lowest BCUT2D eigenvalue weighted by Gasteiger charge is -2.23. The van der Waals surface area contributed by atoms with Crippen molar-refractivity contribution in [3.63, 3.8) is 0 Å². The number of para-hydroxylation sites is 1. The molecule has 1 atom stereocenters. The van der Waals surface area contributed by atoms with E-state index in [1.807, 2.05) is 0 Å². The molecule has 2 N–H and O–H groups in total. The molecule has 1 fully saturated rings. The highest BCUT2D eigenvalue weighted by Crippen LogP contribution is 2.29. The number of rotatable bonds is 6. The molecule has 1 aromatic carbocycles. The molecule has 0 radical (unpaired) electrons. The number of amides is 2. The zero-order valence-corrected chi connectivity index (χ0v) is 14.0. The van der Waals surface area contributed by atoms with Crippen LogP contribution in [0.1, 0.15) is 19.8 Å². The summed E-state index contributed by atoms with van der Waals surface area (Å²) < 4.78 is 0. The molecule has 5 nitrogen and oxygen atoms in total. The average Bonchev–Trinajstić information content (AvgIpc) is 3.26. The van der Waals surface area contributed by atoms with Gasteiger partial charge in [0, 0.05) is 6.04 Å². The number of likely N-dealkylation sites (N-methyl/N-ethyl adjacent to an activating group) is 1. The van der Waals surface area contributed by atoms with Crippen molar-refractivity contribution in [1.82, 2.24) is 10.2 Å². The van der Waals surface area contributed by atoms with Gasteiger partial charge in [0.2, 0.25) is 11.8 Å². The Morgan fingerprint density at radius 2 is 1.91 bits per heavy atom. The number of nitrogens with zero attached hydrogens (tertiary/aromatic N) is 1. The van der Waals surface area contributed by atoms with Crippen LogP contribution in [0.3, 0.4) is 0 Å². The first-order valence-corrected chi connectivity index (χ1v) is 7.88. The molecule has 0 unspecified atom stereocenters. The van der Waals surface area contributed by atoms with E-state index in [9.17, 15) is 9.59 Å². The van der Waals surface area contributed by atoms with E-state index in [-0.39, 0.29) is 24.4 Å². The monoisotopic (exact) mass is 343 g/mol. The smallest absolute Gasteiger partial charge is 0.238 e. The maximum atomic E-state index is 12.1. The number of hydrogen-bond donors (Lipinski definition) is 2. The third-order valence-corrected chi connectivity index (χ3v) is 4.21. The highest BCUT2D eigenvalue weighted by Gasteiger charge is 2.27. The Balaban J connectivity index is 1.89. The molecule has 2 amide bonds. The van der Waals surface area contributed by atoms with Crippen LogP contribution in [-0.4, -0.2) is 42.4 Å². The summed E-state index contributed by atoms with van der Waals surface area (Å²) in [6.45, 7) is 1.84. The quantitative estimate of drug-likeness (QED) is 0.834. The third-order valence-electron chi connectivity index (χ3n) is 3.58. The lowest BCUT2D eigenvalue weighted by molar-refractivity contribution is -0.126. The zero-order valence-electron chi connectivity index (χ0n) is 12.5. The van der Waals surface area contributed by atoms with Crippen molar-refractivity contribution in [3.05, 3.63) is 28.2 Å². The van der Waals surface area contributed by atoms with Crippen LogP contribution in [0.4, 0.5) is 5.69 Å². The molecule has 1 saturated carbocycles. The van der Waals surface area contributed by atoms with Gasteiger partial charge in [0.25, 0.3) is 0 Å². The largest absolute Gasteiger partial charge is 0.352 e. The van der Waals surface area contributed by atoms with Crippen molar-refractivity contribution in [2.24, 2.45) is 0 Å². The van der Waals surface area contributed by atoms with Crippen molar-refractivity contribution in [2.75, 3.05) is 18.9 Å². The Kier molecular flexibility index (Phi) is 5.67. The Bertz CT molecular complexity index is 556. The summed E-state index contributed by atoms with van der Waals surface area (Å²) >= 11 is 12.0. The van der Waals surface area contributed by atoms with Gasteiger partial charge in [0.1, 0.15) is 0 Å². The Morgan fingerprint density at radius 3 is 2.45 bits per heavy atom. The van der Waals surface area contributed by atoms with Gasteiger partial charge < -0.3 is 10.6 Å². The number of halogens is 2. The molecule has 0 bridgehead atoms. The minimum Gasteiger partial charge on any atom is -0.352 e. The molecule has 7 heteroatoms. The SMILES string of the molecule is C[C@@H](C(=O)NC1CC1)N(C)CC(=O)Nc1c(Cl)cccc1Cl. The summed E-state index contributed by atoms with van der Waals surface area (Å²) in [6.07, 6.45) is 2.07. The molecule has 120 valence electrons. The van der Waals surface area contributed by atoms with Crippen LogP contribution in [0.25, 0.3) is 0 Å². The fourth-order valence-electron chi connectivity index (χ4n) is 1.91. The predicted octanol–water partition coefficient (Wildman–Crippen LogP) is 2.53. The van der Waals surface area contributed by atoms with Crippen molar-refractivity contribution in [2.45, 2.75) is 31.8 Å². The Morgan fingerprint density at radius 1 is 1.32 bits per heavy atom. The number of nitrogens with one attached hydrogen (secondary N) is 2. The summed E-state index contributed by atoms with van der Waals surface area (Å²) in [5.74, 6) is -0.336. The number of carbonyl (C=O) groups excluding carboxylic acids is 2. The van der Waals surface area contributed by atoms with E-state index in [1.54, 1.807) is 37.1 Å². The van der Waals surface area contributed by atoms with E-state index >= 15 is 0 Å². The average molecular weight is 344 g/mol. The minimum absolute atomic E-state index is 0.0615. The summed E-state index contributed by atoms with van der Waals surface area (Å²) in [4.78, 5) is 25.7. The molecule has 1 aliphatic rings. The van der Waals surface area contributed by atoms with Crippen LogP contribution in [0.5, 0.6) is 0 Å². The first-order chi connectivity index (χ1) is 10.4. The lowest BCUT2D eigenvalue weighted by Crippen LogP contribution is -2.46. The second-order valence-electron chi connectivity index (χ2n) is 5.52. The van der Waals surface area contributed by atoms with E-state index in [2.05, 4.69) is 10.6 Å². The van der Waals surface area contributed by atoms with E-state index < -0.39 is 0 Å². The van der Waals surface area contributed by atoms with Gasteiger partial charge in [-0.1, -0.05) is 29.3 Å². The van der Waals surface area contributed by atoms with Crippen molar-refractivity contribution in [3.8, 4) is 0 Å². The first kappa shape index (κ1) is 17.1. The standard InChI is InChI=1S/C15H19Cl2N3O2/c1-9(15(22)18-10-6-7-10)20(2)8-13(21)19-14-11(16)4-3-5-12(14)17/h3-5,9-10H,6-8H2,1-2H3,(H,18,22)(H,19,21)/t9-/m0/s1. The van der Waals surface area contributed by atoms with Gasteiger partial charge in [-0.15, -0.1) is 0 Å². The van der Waals surface area contributed by atoms with Crippen LogP contribution < -0.4 is 10.6 Å². The van der Waals surface area contributed by atoms with Crippen LogP contribution >= 0.6 is 23.2 Å². The second-order valence-corrected chi connectivity index (χ2v) is 6.33. The third kappa shape index (κ3) is 4.60. The molecule has 0 aromatic heterocycles. The van der Waals surface area contributed by atoms with Gasteiger partial charge in [0.15, 0.2) is 0 Å². The normalized spacial score (nSPS) is 15.5. The highest BCUT2D eigenvalue weighted by molar-refractivity contribution is 6.39. The topological polar surface area (TPSA) is 61.4 Å². The van der Waals surface area contributed by atoms with Crippen molar-refractivity contribution in [1.29, 1.82) is 0 Å². The van der Waals surface area contributed by atoms with Gasteiger partial charge in [-0.3, -0.25) is 14.5 Å². The van der Waals surface area contributed by atoms with Gasteiger partial charge in [-0.2, -0.15) is 0 Å². The molecule has 0 spiro atoms. The fraction of sp³-hybridized carbons (Fsp3) is 0.467. The van der Waals surface area contributed by atoms with Gasteiger partial charge in [-0.05, 0) is 38.9 Å². The first-order valence-electron chi connectivity index (χ1n) is 7.13. The molecule has 1 aromatic rings. The van der Waals surface area contributed by atoms with E-state index in [4.69, 9.17) is 23.2 Å². The fourth-order valence-corrected chi connectivity index (χ4v) is 2.40. The van der Waals surface area contributed by atoms with Crippen molar-refractivity contribution >= 4 is 40.7 Å². The molecule has 2 rings (SSSR count). The number of anilines is 1. The molecule has 0 aliphatic heterocycles. The highest BCUT2D eigenvalue weighted by atomic mass is 35.5. The second kappa shape index (κ2) is 7.31. The number of carbonyl (C=O) groups is 2. The van der Waals surface area contributed by atoms with E-state index in [0.29, 0.717) is 21.8 Å². The van der Waals surface area contributed by atoms with E-state index in [0.717, 1.165) is 12.8 Å². The number of benzene rings is 1. The van der Waals surface area contributed by atoms with Crippen molar-refractivity contribution < 1.29 is 9.59 Å². The van der Waals surface area contributed by atoms with Gasteiger partial charge >= 0.3 is 0 Å². The molecule has 0 heterocycles. The maximum Gasteiger partial charge on any atom is 0.238 e. The van der Waals surface area contributed by atoms with Crippen LogP contribution in [-0.2, 0) is 9.59 Å². The van der Waals surface area contributed by atoms with Gasteiger partial charge in [-0.25, -0.2) is 0 Å². The maximum absolute atomic E-state index is 12.1. The predicted molar refractivity (Wildman–Crippen MR) is 88.3 cm³/mol. The summed E-state index contributed by atoms with van der Waals surface area (Å²) in [5.41, 5.74) is 0.388. The van der Waals surface area contributed by atoms with Crippen LogP contribution in [0.15, 0.2) is 18.2 Å². The Hall–Kier alpha value is -1.30. The summed E-state index contributed by atoms with van der Waals surface area (Å²) in [6, 6.07) is 4.93. The lowest BCUT2D eigenvalue weighted by atomic mass is 10.2. The zero-order chi connectivity index (χ0) is 16.3.